The summed E-state index contributed by atoms with van der Waals surface area (Å²) in [5.74, 6) is -3.76. The van der Waals surface area contributed by atoms with E-state index in [1.807, 2.05) is 0 Å². The van der Waals surface area contributed by atoms with Crippen LogP contribution < -0.4 is 26.4 Å². The highest BCUT2D eigenvalue weighted by Crippen LogP contribution is 2.28. The van der Waals surface area contributed by atoms with Crippen molar-refractivity contribution in [1.29, 1.82) is 0 Å². The van der Waals surface area contributed by atoms with Gasteiger partial charge in [-0.25, -0.2) is 9.78 Å². The summed E-state index contributed by atoms with van der Waals surface area (Å²) in [5.41, 5.74) is 6.81. The van der Waals surface area contributed by atoms with E-state index in [0.717, 1.165) is 4.52 Å². The molecule has 0 aliphatic carbocycles. The van der Waals surface area contributed by atoms with Crippen molar-refractivity contribution in [3.05, 3.63) is 82.4 Å². The number of primary amides is 1. The van der Waals surface area contributed by atoms with Crippen molar-refractivity contribution in [2.24, 2.45) is 5.73 Å². The fourth-order valence-electron chi connectivity index (χ4n) is 4.03. The monoisotopic (exact) mass is 558 g/mol. The number of carbonyl (C=O) groups excluding carboxylic acids is 4. The van der Waals surface area contributed by atoms with Crippen LogP contribution in [0, 0.1) is 0 Å². The number of hydrogen-bond donors (Lipinski definition) is 5. The van der Waals surface area contributed by atoms with E-state index in [-0.39, 0.29) is 41.8 Å². The number of hydrogen-bond acceptors (Lipinski definition) is 9. The Labute approximate surface area is 230 Å². The van der Waals surface area contributed by atoms with Crippen molar-refractivity contribution in [3.63, 3.8) is 0 Å². The minimum absolute atomic E-state index is 0.0545. The van der Waals surface area contributed by atoms with Crippen LogP contribution in [0.4, 0.5) is 5.69 Å². The Morgan fingerprint density at radius 1 is 1.10 bits per heavy atom. The van der Waals surface area contributed by atoms with Gasteiger partial charge in [-0.15, -0.1) is 5.10 Å². The minimum atomic E-state index is -1.08. The zero-order valence-corrected chi connectivity index (χ0v) is 21.4. The normalized spacial score (nSPS) is 13.0. The molecule has 4 aromatic rings. The topological polar surface area (TPSA) is 220 Å². The summed E-state index contributed by atoms with van der Waals surface area (Å²) in [5, 5.41) is 21.2. The van der Waals surface area contributed by atoms with E-state index in [9.17, 15) is 24.0 Å². The molecule has 6 N–H and O–H groups in total. The van der Waals surface area contributed by atoms with Crippen molar-refractivity contribution in [2.45, 2.75) is 19.5 Å². The van der Waals surface area contributed by atoms with Gasteiger partial charge in [-0.05, 0) is 42.3 Å². The fraction of sp³-hybridized carbons (Fsp3) is 0.154. The Balaban J connectivity index is 1.39. The number of rotatable bonds is 8. The van der Waals surface area contributed by atoms with Gasteiger partial charge in [0, 0.05) is 12.6 Å². The number of amides is 4. The Morgan fingerprint density at radius 3 is 2.56 bits per heavy atom. The number of nitrogens with two attached hydrogens (primary N) is 1. The lowest BCUT2D eigenvalue weighted by Crippen LogP contribution is -2.30. The van der Waals surface area contributed by atoms with E-state index >= 15 is 0 Å². The van der Waals surface area contributed by atoms with Crippen LogP contribution in [0.2, 0.25) is 0 Å². The van der Waals surface area contributed by atoms with Gasteiger partial charge in [0.25, 0.3) is 29.4 Å². The van der Waals surface area contributed by atoms with Gasteiger partial charge in [0.05, 0.1) is 17.3 Å². The summed E-state index contributed by atoms with van der Waals surface area (Å²) < 4.78 is 6.33. The molecule has 5 rings (SSSR count). The Morgan fingerprint density at radius 2 is 1.85 bits per heavy atom. The molecule has 41 heavy (non-hydrogen) atoms. The molecule has 0 spiro atoms. The maximum atomic E-state index is 13.3. The first kappa shape index (κ1) is 26.7. The van der Waals surface area contributed by atoms with Crippen molar-refractivity contribution in [2.75, 3.05) is 11.9 Å². The van der Waals surface area contributed by atoms with E-state index in [0.29, 0.717) is 22.6 Å². The van der Waals surface area contributed by atoms with Crippen LogP contribution in [-0.2, 0) is 11.3 Å². The molecule has 1 atom stereocenters. The first-order valence-corrected chi connectivity index (χ1v) is 12.1. The standard InChI is InChI=1S/C26H22N8O7/c1-12(14-3-5-15(6-4-14)25(39)40)29-24(38)18-9-17(31-26-32-22(21(27)36)33-34(18)26)23(37)28-10-13-2-7-19-16(8-13)30-20(35)11-41-19/h2-9,12H,10-11H2,1H3,(H2,27,36)(H,28,37)(H,29,38)(H,30,35)(H,39,40)/t12-/m1/s1. The van der Waals surface area contributed by atoms with Crippen LogP contribution >= 0.6 is 0 Å². The largest absolute Gasteiger partial charge is 0.482 e. The number of aromatic nitrogens is 4. The first-order chi connectivity index (χ1) is 19.6. The number of aromatic carboxylic acids is 1. The third-order valence-electron chi connectivity index (χ3n) is 6.13. The quantitative estimate of drug-likeness (QED) is 0.203. The molecule has 3 heterocycles. The summed E-state index contributed by atoms with van der Waals surface area (Å²) in [6, 6.07) is 11.6. The molecule has 0 saturated heterocycles. The number of ether oxygens (including phenoxy) is 1. The highest BCUT2D eigenvalue weighted by atomic mass is 16.5. The third kappa shape index (κ3) is 5.63. The maximum Gasteiger partial charge on any atom is 0.335 e. The average Bonchev–Trinajstić information content (AvgIpc) is 3.40. The Kier molecular flexibility index (Phi) is 6.99. The molecular formula is C26H22N8O7. The molecule has 1 aliphatic rings. The number of carboxylic acid groups (broad SMARTS) is 1. The van der Waals surface area contributed by atoms with Gasteiger partial charge in [0.1, 0.15) is 17.1 Å². The van der Waals surface area contributed by atoms with Gasteiger partial charge in [0.2, 0.25) is 5.82 Å². The van der Waals surface area contributed by atoms with Crippen LogP contribution in [0.1, 0.15) is 66.0 Å². The van der Waals surface area contributed by atoms with Gasteiger partial charge < -0.3 is 31.5 Å². The lowest BCUT2D eigenvalue weighted by molar-refractivity contribution is -0.118. The molecule has 0 bridgehead atoms. The zero-order chi connectivity index (χ0) is 29.3. The van der Waals surface area contributed by atoms with Crippen LogP contribution in [-0.4, -0.2) is 60.9 Å². The van der Waals surface area contributed by atoms with E-state index in [4.69, 9.17) is 15.6 Å². The summed E-state index contributed by atoms with van der Waals surface area (Å²) in [7, 11) is 0. The molecule has 208 valence electrons. The van der Waals surface area contributed by atoms with E-state index in [1.54, 1.807) is 37.3 Å². The summed E-state index contributed by atoms with van der Waals surface area (Å²) in [6.45, 7) is 1.66. The highest BCUT2D eigenvalue weighted by Gasteiger charge is 2.23. The SMILES string of the molecule is C[C@@H](NC(=O)c1cc(C(=O)NCc2ccc3c(c2)NC(=O)CO3)nc2nc(C(N)=O)nn12)c1ccc(C(=O)O)cc1. The molecule has 1 aliphatic heterocycles. The van der Waals surface area contributed by atoms with Crippen molar-refractivity contribution in [3.8, 4) is 5.75 Å². The van der Waals surface area contributed by atoms with E-state index in [2.05, 4.69) is 31.0 Å². The van der Waals surface area contributed by atoms with Crippen molar-refractivity contribution < 1.29 is 33.8 Å². The average molecular weight is 559 g/mol. The molecule has 0 radical (unpaired) electrons. The van der Waals surface area contributed by atoms with Crippen LogP contribution in [0.15, 0.2) is 48.5 Å². The lowest BCUT2D eigenvalue weighted by Gasteiger charge is -2.18. The molecule has 15 heteroatoms. The molecule has 15 nitrogen and oxygen atoms in total. The predicted molar refractivity (Wildman–Crippen MR) is 140 cm³/mol. The minimum Gasteiger partial charge on any atom is -0.482 e. The van der Waals surface area contributed by atoms with E-state index < -0.39 is 35.6 Å². The second-order valence-corrected chi connectivity index (χ2v) is 9.01. The number of carbonyl (C=O) groups is 5. The Hall–Kier alpha value is -5.86. The number of fused-ring (bicyclic) bond motifs is 2. The number of benzene rings is 2. The second-order valence-electron chi connectivity index (χ2n) is 9.01. The summed E-state index contributed by atoms with van der Waals surface area (Å²) in [6.07, 6.45) is 0. The van der Waals surface area contributed by atoms with Crippen LogP contribution in [0.25, 0.3) is 5.78 Å². The zero-order valence-electron chi connectivity index (χ0n) is 21.4. The predicted octanol–water partition coefficient (Wildman–Crippen LogP) is 0.673. The Bertz CT molecular complexity index is 1730. The number of anilines is 1. The van der Waals surface area contributed by atoms with Gasteiger partial charge in [-0.3, -0.25) is 19.2 Å². The number of nitrogens with one attached hydrogen (secondary N) is 3. The summed E-state index contributed by atoms with van der Waals surface area (Å²) >= 11 is 0. The van der Waals surface area contributed by atoms with Crippen molar-refractivity contribution in [1.82, 2.24) is 30.2 Å². The van der Waals surface area contributed by atoms with Crippen LogP contribution in [0.3, 0.4) is 0 Å². The van der Waals surface area contributed by atoms with Gasteiger partial charge in [-0.1, -0.05) is 18.2 Å². The molecule has 0 fully saturated rings. The van der Waals surface area contributed by atoms with Crippen LogP contribution in [0.5, 0.6) is 5.75 Å². The van der Waals surface area contributed by atoms with Crippen molar-refractivity contribution >= 4 is 41.1 Å². The lowest BCUT2D eigenvalue weighted by atomic mass is 10.1. The number of nitrogens with zero attached hydrogens (tertiary/aromatic N) is 4. The smallest absolute Gasteiger partial charge is 0.335 e. The van der Waals surface area contributed by atoms with Gasteiger partial charge >= 0.3 is 5.97 Å². The second kappa shape index (κ2) is 10.7. The summed E-state index contributed by atoms with van der Waals surface area (Å²) in [4.78, 5) is 68.8. The molecule has 2 aromatic carbocycles. The molecule has 2 aromatic heterocycles. The molecular weight excluding hydrogens is 536 g/mol. The maximum absolute atomic E-state index is 13.3. The molecule has 0 unspecified atom stereocenters. The van der Waals surface area contributed by atoms with Gasteiger partial charge in [-0.2, -0.15) is 9.50 Å². The van der Waals surface area contributed by atoms with Gasteiger partial charge in [0.15, 0.2) is 6.61 Å². The number of carboxylic acids is 1. The van der Waals surface area contributed by atoms with E-state index in [1.165, 1.54) is 18.2 Å². The first-order valence-electron chi connectivity index (χ1n) is 12.1. The molecule has 0 saturated carbocycles. The highest BCUT2D eigenvalue weighted by molar-refractivity contribution is 5.99. The molecule has 4 amide bonds. The fourth-order valence-corrected chi connectivity index (χ4v) is 4.03. The third-order valence-corrected chi connectivity index (χ3v) is 6.13.